The van der Waals surface area contributed by atoms with Crippen molar-refractivity contribution in [3.63, 3.8) is 0 Å². The highest BCUT2D eigenvalue weighted by atomic mass is 35.5. The first-order valence-corrected chi connectivity index (χ1v) is 12.3. The number of carbonyl (C=O) groups is 1. The quantitative estimate of drug-likeness (QED) is 0.372. The van der Waals surface area contributed by atoms with E-state index in [1.54, 1.807) is 11.3 Å². The number of carbonyl (C=O) groups excluding carboxylic acids is 1. The molecule has 5 rings (SSSR count). The Labute approximate surface area is 202 Å². The van der Waals surface area contributed by atoms with E-state index in [-0.39, 0.29) is 5.91 Å². The van der Waals surface area contributed by atoms with Crippen LogP contribution in [-0.2, 0) is 0 Å². The van der Waals surface area contributed by atoms with Crippen molar-refractivity contribution in [1.29, 1.82) is 0 Å². The van der Waals surface area contributed by atoms with Crippen molar-refractivity contribution in [2.75, 3.05) is 31.1 Å². The number of hydrogen-bond acceptors (Lipinski definition) is 4. The Morgan fingerprint density at radius 1 is 0.939 bits per heavy atom. The number of aromatic nitrogens is 2. The molecular weight excluding hydrogens is 452 g/mol. The molecule has 1 saturated heterocycles. The van der Waals surface area contributed by atoms with Crippen LogP contribution in [0.1, 0.15) is 21.6 Å². The Morgan fingerprint density at radius 2 is 1.73 bits per heavy atom. The summed E-state index contributed by atoms with van der Waals surface area (Å²) >= 11 is 8.01. The van der Waals surface area contributed by atoms with Crippen LogP contribution >= 0.6 is 22.9 Å². The van der Waals surface area contributed by atoms with Crippen molar-refractivity contribution in [3.8, 4) is 16.3 Å². The molecule has 0 aliphatic carbocycles. The van der Waals surface area contributed by atoms with E-state index < -0.39 is 0 Å². The van der Waals surface area contributed by atoms with Gasteiger partial charge in [-0.2, -0.15) is 5.10 Å². The maximum Gasteiger partial charge on any atom is 0.272 e. The molecule has 5 nitrogen and oxygen atoms in total. The molecule has 4 aromatic rings. The van der Waals surface area contributed by atoms with E-state index in [9.17, 15) is 4.79 Å². The van der Waals surface area contributed by atoms with Crippen molar-refractivity contribution in [3.05, 3.63) is 87.9 Å². The van der Waals surface area contributed by atoms with Gasteiger partial charge in [0.15, 0.2) is 0 Å². The SMILES string of the molecule is Cc1ccc(-n2nc(-c3cccs3)cc2C(=O)N2CCN(c3ccccc3Cl)CC2)c(C)c1. The van der Waals surface area contributed by atoms with Gasteiger partial charge in [0, 0.05) is 26.2 Å². The van der Waals surface area contributed by atoms with E-state index in [4.69, 9.17) is 16.7 Å². The molecule has 168 valence electrons. The first-order chi connectivity index (χ1) is 16.0. The van der Waals surface area contributed by atoms with Crippen LogP contribution in [0, 0.1) is 13.8 Å². The number of aryl methyl sites for hydroxylation is 2. The van der Waals surface area contributed by atoms with Crippen molar-refractivity contribution < 1.29 is 4.79 Å². The van der Waals surface area contributed by atoms with Crippen LogP contribution in [0.15, 0.2) is 66.0 Å². The average molecular weight is 477 g/mol. The summed E-state index contributed by atoms with van der Waals surface area (Å²) in [4.78, 5) is 18.9. The molecule has 0 spiro atoms. The Hall–Kier alpha value is -3.09. The van der Waals surface area contributed by atoms with Gasteiger partial charge in [0.25, 0.3) is 5.91 Å². The van der Waals surface area contributed by atoms with E-state index in [1.807, 2.05) is 63.5 Å². The molecule has 3 heterocycles. The molecule has 1 aliphatic rings. The fraction of sp³-hybridized carbons (Fsp3) is 0.231. The number of halogens is 1. The monoisotopic (exact) mass is 476 g/mol. The number of thiophene rings is 1. The zero-order valence-corrected chi connectivity index (χ0v) is 20.2. The van der Waals surface area contributed by atoms with Gasteiger partial charge in [-0.15, -0.1) is 11.3 Å². The summed E-state index contributed by atoms with van der Waals surface area (Å²) in [5.74, 6) is 0.00379. The van der Waals surface area contributed by atoms with Gasteiger partial charge in [-0.05, 0) is 55.1 Å². The third-order valence-corrected chi connectivity index (χ3v) is 7.25. The minimum atomic E-state index is 0.00379. The number of nitrogens with zero attached hydrogens (tertiary/aromatic N) is 4. The van der Waals surface area contributed by atoms with Gasteiger partial charge in [-0.25, -0.2) is 4.68 Å². The minimum absolute atomic E-state index is 0.00379. The fourth-order valence-corrected chi connectivity index (χ4v) is 5.26. The lowest BCUT2D eigenvalue weighted by Crippen LogP contribution is -2.49. The normalized spacial score (nSPS) is 14.0. The molecule has 0 unspecified atom stereocenters. The first-order valence-electron chi connectivity index (χ1n) is 11.0. The number of rotatable bonds is 4. The van der Waals surface area contributed by atoms with Crippen LogP contribution in [0.2, 0.25) is 5.02 Å². The van der Waals surface area contributed by atoms with Gasteiger partial charge < -0.3 is 9.80 Å². The predicted molar refractivity (Wildman–Crippen MR) is 136 cm³/mol. The van der Waals surface area contributed by atoms with Gasteiger partial charge in [0.1, 0.15) is 11.4 Å². The van der Waals surface area contributed by atoms with Crippen molar-refractivity contribution in [2.45, 2.75) is 13.8 Å². The highest BCUT2D eigenvalue weighted by Crippen LogP contribution is 2.29. The molecule has 0 radical (unpaired) electrons. The Bertz CT molecular complexity index is 1290. The van der Waals surface area contributed by atoms with Gasteiger partial charge in [0.2, 0.25) is 0 Å². The molecule has 2 aromatic heterocycles. The van der Waals surface area contributed by atoms with Crippen LogP contribution in [0.25, 0.3) is 16.3 Å². The zero-order chi connectivity index (χ0) is 22.9. The van der Waals surface area contributed by atoms with Crippen LogP contribution in [0.3, 0.4) is 0 Å². The lowest BCUT2D eigenvalue weighted by Gasteiger charge is -2.36. The second-order valence-corrected chi connectivity index (χ2v) is 9.68. The highest BCUT2D eigenvalue weighted by molar-refractivity contribution is 7.13. The summed E-state index contributed by atoms with van der Waals surface area (Å²) in [6, 6.07) is 20.1. The van der Waals surface area contributed by atoms with Crippen molar-refractivity contribution in [1.82, 2.24) is 14.7 Å². The Balaban J connectivity index is 1.44. The van der Waals surface area contributed by atoms with E-state index in [0.717, 1.165) is 45.6 Å². The highest BCUT2D eigenvalue weighted by Gasteiger charge is 2.27. The largest absolute Gasteiger partial charge is 0.367 e. The zero-order valence-electron chi connectivity index (χ0n) is 18.7. The smallest absolute Gasteiger partial charge is 0.272 e. The van der Waals surface area contributed by atoms with Crippen molar-refractivity contribution in [2.24, 2.45) is 0 Å². The van der Waals surface area contributed by atoms with Gasteiger partial charge in [-0.1, -0.05) is 47.5 Å². The molecule has 0 atom stereocenters. The number of benzene rings is 2. The summed E-state index contributed by atoms with van der Waals surface area (Å²) < 4.78 is 1.81. The third kappa shape index (κ3) is 4.28. The maximum atomic E-state index is 13.7. The molecule has 1 fully saturated rings. The lowest BCUT2D eigenvalue weighted by atomic mass is 10.1. The molecule has 0 bridgehead atoms. The molecule has 1 aliphatic heterocycles. The number of piperazine rings is 1. The predicted octanol–water partition coefficient (Wildman–Crippen LogP) is 5.83. The van der Waals surface area contributed by atoms with Gasteiger partial charge >= 0.3 is 0 Å². The van der Waals surface area contributed by atoms with Gasteiger partial charge in [0.05, 0.1) is 21.3 Å². The minimum Gasteiger partial charge on any atom is -0.367 e. The third-order valence-electron chi connectivity index (χ3n) is 6.04. The van der Waals surface area contributed by atoms with Gasteiger partial charge in [-0.3, -0.25) is 4.79 Å². The standard InChI is InChI=1S/C26H25ClN4OS/c1-18-9-10-22(19(2)16-18)31-24(17-21(28-31)25-8-5-15-33-25)26(32)30-13-11-29(12-14-30)23-7-4-3-6-20(23)27/h3-10,15-17H,11-14H2,1-2H3. The number of hydrogen-bond donors (Lipinski definition) is 0. The number of anilines is 1. The Kier molecular flexibility index (Phi) is 5.96. The van der Waals surface area contributed by atoms with E-state index in [2.05, 4.69) is 30.9 Å². The summed E-state index contributed by atoms with van der Waals surface area (Å²) in [6.45, 7) is 6.88. The summed E-state index contributed by atoms with van der Waals surface area (Å²) in [6.07, 6.45) is 0. The fourth-order valence-electron chi connectivity index (χ4n) is 4.33. The van der Waals surface area contributed by atoms with Crippen LogP contribution in [0.5, 0.6) is 0 Å². The van der Waals surface area contributed by atoms with Crippen LogP contribution < -0.4 is 4.90 Å². The molecule has 2 aromatic carbocycles. The van der Waals surface area contributed by atoms with Crippen molar-refractivity contribution >= 4 is 34.5 Å². The average Bonchev–Trinajstić information content (AvgIpc) is 3.49. The van der Waals surface area contributed by atoms with Crippen LogP contribution in [0.4, 0.5) is 5.69 Å². The molecule has 0 N–H and O–H groups in total. The molecule has 1 amide bonds. The lowest BCUT2D eigenvalue weighted by molar-refractivity contribution is 0.0737. The van der Waals surface area contributed by atoms with E-state index in [1.165, 1.54) is 5.56 Å². The summed E-state index contributed by atoms with van der Waals surface area (Å²) in [7, 11) is 0. The second kappa shape index (κ2) is 9.04. The summed E-state index contributed by atoms with van der Waals surface area (Å²) in [5.41, 5.74) is 5.64. The van der Waals surface area contributed by atoms with Crippen LogP contribution in [-0.4, -0.2) is 46.8 Å². The molecular formula is C26H25ClN4OS. The number of amides is 1. The topological polar surface area (TPSA) is 41.4 Å². The molecule has 33 heavy (non-hydrogen) atoms. The second-order valence-electron chi connectivity index (χ2n) is 8.32. The number of para-hydroxylation sites is 1. The molecule has 0 saturated carbocycles. The molecule has 7 heteroatoms. The van der Waals surface area contributed by atoms with E-state index in [0.29, 0.717) is 18.8 Å². The first kappa shape index (κ1) is 21.7. The maximum absolute atomic E-state index is 13.7. The Morgan fingerprint density at radius 3 is 2.42 bits per heavy atom. The summed E-state index contributed by atoms with van der Waals surface area (Å²) in [5, 5.41) is 7.63. The van der Waals surface area contributed by atoms with E-state index >= 15 is 0 Å².